The number of aromatic nitrogens is 2. The number of hydrogen-bond donors (Lipinski definition) is 1. The Kier molecular flexibility index (Phi) is 3.17. The highest BCUT2D eigenvalue weighted by Crippen LogP contribution is 2.19. The highest BCUT2D eigenvalue weighted by molar-refractivity contribution is 6.30. The molecule has 0 radical (unpaired) electrons. The lowest BCUT2D eigenvalue weighted by atomic mass is 10.0. The van der Waals surface area contributed by atoms with Crippen molar-refractivity contribution in [3.05, 3.63) is 58.6 Å². The van der Waals surface area contributed by atoms with Crippen molar-refractivity contribution in [2.24, 2.45) is 5.73 Å². The summed E-state index contributed by atoms with van der Waals surface area (Å²) in [5.41, 5.74) is 7.90. The molecule has 1 atom stereocenters. The van der Waals surface area contributed by atoms with Gasteiger partial charge in [0.15, 0.2) is 0 Å². The summed E-state index contributed by atoms with van der Waals surface area (Å²) in [6.07, 6.45) is 1.72. The quantitative estimate of drug-likeness (QED) is 0.867. The van der Waals surface area contributed by atoms with E-state index < -0.39 is 0 Å². The molecule has 0 aliphatic rings. The van der Waals surface area contributed by atoms with Crippen molar-refractivity contribution in [3.63, 3.8) is 0 Å². The van der Waals surface area contributed by atoms with E-state index >= 15 is 0 Å². The molecule has 1 aromatic heterocycles. The first-order chi connectivity index (χ1) is 7.66. The number of halogens is 1. The molecule has 82 valence electrons. The van der Waals surface area contributed by atoms with E-state index in [0.717, 1.165) is 17.1 Å². The summed E-state index contributed by atoms with van der Waals surface area (Å²) in [4.78, 5) is 8.35. The van der Waals surface area contributed by atoms with Gasteiger partial charge in [-0.05, 0) is 30.7 Å². The van der Waals surface area contributed by atoms with Gasteiger partial charge in [-0.15, -0.1) is 0 Å². The third-order valence-electron chi connectivity index (χ3n) is 2.35. The molecule has 4 heteroatoms. The maximum atomic E-state index is 6.10. The molecule has 0 saturated heterocycles. The van der Waals surface area contributed by atoms with Gasteiger partial charge in [-0.1, -0.05) is 23.7 Å². The van der Waals surface area contributed by atoms with Crippen LogP contribution in [0.5, 0.6) is 0 Å². The summed E-state index contributed by atoms with van der Waals surface area (Å²) in [5, 5.41) is 0.704. The van der Waals surface area contributed by atoms with E-state index in [1.807, 2.05) is 37.3 Å². The summed E-state index contributed by atoms with van der Waals surface area (Å²) < 4.78 is 0. The van der Waals surface area contributed by atoms with Crippen molar-refractivity contribution >= 4 is 11.6 Å². The van der Waals surface area contributed by atoms with Gasteiger partial charge in [0.2, 0.25) is 0 Å². The predicted octanol–water partition coefficient (Wildman–Crippen LogP) is 2.49. The molecule has 0 aliphatic carbocycles. The lowest BCUT2D eigenvalue weighted by Gasteiger charge is -2.11. The standard InChI is InChI=1S/C12H12ClN3/c1-8-15-7-6-11(16-8)12(14)9-2-4-10(13)5-3-9/h2-7,12H,14H2,1H3. The van der Waals surface area contributed by atoms with Crippen LogP contribution in [0.4, 0.5) is 0 Å². The van der Waals surface area contributed by atoms with Crippen molar-refractivity contribution in [1.82, 2.24) is 9.97 Å². The molecule has 0 saturated carbocycles. The third-order valence-corrected chi connectivity index (χ3v) is 2.60. The first kappa shape index (κ1) is 11.0. The molecule has 16 heavy (non-hydrogen) atoms. The van der Waals surface area contributed by atoms with Gasteiger partial charge in [-0.3, -0.25) is 0 Å². The van der Waals surface area contributed by atoms with E-state index in [1.54, 1.807) is 6.20 Å². The molecule has 0 spiro atoms. The zero-order chi connectivity index (χ0) is 11.5. The molecule has 0 aliphatic heterocycles. The molecular weight excluding hydrogens is 222 g/mol. The van der Waals surface area contributed by atoms with E-state index in [4.69, 9.17) is 17.3 Å². The highest BCUT2D eigenvalue weighted by Gasteiger charge is 2.10. The van der Waals surface area contributed by atoms with Crippen molar-refractivity contribution in [3.8, 4) is 0 Å². The fourth-order valence-electron chi connectivity index (χ4n) is 1.49. The topological polar surface area (TPSA) is 51.8 Å². The van der Waals surface area contributed by atoms with E-state index in [2.05, 4.69) is 9.97 Å². The lowest BCUT2D eigenvalue weighted by molar-refractivity contribution is 0.807. The van der Waals surface area contributed by atoms with Crippen LogP contribution in [0.3, 0.4) is 0 Å². The smallest absolute Gasteiger partial charge is 0.125 e. The number of hydrogen-bond acceptors (Lipinski definition) is 3. The maximum Gasteiger partial charge on any atom is 0.125 e. The van der Waals surface area contributed by atoms with Gasteiger partial charge in [0.1, 0.15) is 5.82 Å². The number of benzene rings is 1. The van der Waals surface area contributed by atoms with E-state index in [0.29, 0.717) is 5.02 Å². The van der Waals surface area contributed by atoms with Crippen LogP contribution in [0.15, 0.2) is 36.5 Å². The molecule has 3 nitrogen and oxygen atoms in total. The van der Waals surface area contributed by atoms with Gasteiger partial charge in [0.25, 0.3) is 0 Å². The van der Waals surface area contributed by atoms with Crippen LogP contribution in [0, 0.1) is 6.92 Å². The van der Waals surface area contributed by atoms with Gasteiger partial charge in [-0.25, -0.2) is 9.97 Å². The Balaban J connectivity index is 2.31. The van der Waals surface area contributed by atoms with Crippen molar-refractivity contribution < 1.29 is 0 Å². The summed E-state index contributed by atoms with van der Waals surface area (Å²) >= 11 is 5.82. The molecule has 2 aromatic rings. The summed E-state index contributed by atoms with van der Waals surface area (Å²) in [7, 11) is 0. The van der Waals surface area contributed by atoms with Crippen LogP contribution in [-0.2, 0) is 0 Å². The fraction of sp³-hybridized carbons (Fsp3) is 0.167. The first-order valence-corrected chi connectivity index (χ1v) is 5.35. The average molecular weight is 234 g/mol. The molecule has 1 aromatic carbocycles. The van der Waals surface area contributed by atoms with Crippen molar-refractivity contribution in [2.75, 3.05) is 0 Å². The monoisotopic (exact) mass is 233 g/mol. The minimum Gasteiger partial charge on any atom is -0.319 e. The second kappa shape index (κ2) is 4.60. The number of rotatable bonds is 2. The Morgan fingerprint density at radius 1 is 1.19 bits per heavy atom. The van der Waals surface area contributed by atoms with E-state index in [9.17, 15) is 0 Å². The molecule has 0 fully saturated rings. The number of aryl methyl sites for hydroxylation is 1. The van der Waals surface area contributed by atoms with Crippen LogP contribution in [0.25, 0.3) is 0 Å². The molecular formula is C12H12ClN3. The lowest BCUT2D eigenvalue weighted by Crippen LogP contribution is -2.14. The molecule has 1 unspecified atom stereocenters. The fourth-order valence-corrected chi connectivity index (χ4v) is 1.61. The maximum absolute atomic E-state index is 6.10. The predicted molar refractivity (Wildman–Crippen MR) is 64.3 cm³/mol. The van der Waals surface area contributed by atoms with Crippen LogP contribution in [0.2, 0.25) is 5.02 Å². The average Bonchev–Trinajstić information content (AvgIpc) is 2.29. The first-order valence-electron chi connectivity index (χ1n) is 4.97. The molecule has 2 N–H and O–H groups in total. The summed E-state index contributed by atoms with van der Waals surface area (Å²) in [5.74, 6) is 0.724. The third kappa shape index (κ3) is 2.38. The normalized spacial score (nSPS) is 12.4. The Morgan fingerprint density at radius 2 is 1.88 bits per heavy atom. The van der Waals surface area contributed by atoms with Crippen LogP contribution < -0.4 is 5.73 Å². The van der Waals surface area contributed by atoms with Crippen LogP contribution >= 0.6 is 11.6 Å². The molecule has 2 rings (SSSR count). The molecule has 0 bridgehead atoms. The zero-order valence-electron chi connectivity index (χ0n) is 8.89. The van der Waals surface area contributed by atoms with Gasteiger partial charge in [0, 0.05) is 11.2 Å². The Bertz CT molecular complexity index is 482. The van der Waals surface area contributed by atoms with Gasteiger partial charge >= 0.3 is 0 Å². The van der Waals surface area contributed by atoms with Crippen molar-refractivity contribution in [2.45, 2.75) is 13.0 Å². The highest BCUT2D eigenvalue weighted by atomic mass is 35.5. The second-order valence-corrected chi connectivity index (χ2v) is 3.99. The van der Waals surface area contributed by atoms with Gasteiger partial charge in [-0.2, -0.15) is 0 Å². The van der Waals surface area contributed by atoms with E-state index in [1.165, 1.54) is 0 Å². The van der Waals surface area contributed by atoms with E-state index in [-0.39, 0.29) is 6.04 Å². The summed E-state index contributed by atoms with van der Waals surface area (Å²) in [6, 6.07) is 9.05. The minimum atomic E-state index is -0.237. The SMILES string of the molecule is Cc1nccc(C(N)c2ccc(Cl)cc2)n1. The zero-order valence-corrected chi connectivity index (χ0v) is 9.65. The molecule has 1 heterocycles. The Hall–Kier alpha value is -1.45. The number of nitrogens with zero attached hydrogens (tertiary/aromatic N) is 2. The van der Waals surface area contributed by atoms with Crippen LogP contribution in [-0.4, -0.2) is 9.97 Å². The Labute approximate surface area is 99.3 Å². The van der Waals surface area contributed by atoms with Crippen molar-refractivity contribution in [1.29, 1.82) is 0 Å². The second-order valence-electron chi connectivity index (χ2n) is 3.56. The van der Waals surface area contributed by atoms with Gasteiger partial charge < -0.3 is 5.73 Å². The summed E-state index contributed by atoms with van der Waals surface area (Å²) in [6.45, 7) is 1.85. The minimum absolute atomic E-state index is 0.237. The largest absolute Gasteiger partial charge is 0.319 e. The molecule has 0 amide bonds. The van der Waals surface area contributed by atoms with Gasteiger partial charge in [0.05, 0.1) is 11.7 Å². The number of nitrogens with two attached hydrogens (primary N) is 1. The van der Waals surface area contributed by atoms with Crippen LogP contribution in [0.1, 0.15) is 23.1 Å². The Morgan fingerprint density at radius 3 is 2.50 bits per heavy atom.